The Morgan fingerprint density at radius 1 is 1.03 bits per heavy atom. The molecule has 29 heavy (non-hydrogen) atoms. The normalized spacial score (nSPS) is 10.5. The molecular weight excluding hydrogens is 402 g/mol. The molecule has 2 aromatic carbocycles. The summed E-state index contributed by atoms with van der Waals surface area (Å²) in [5, 5.41) is 8.61. The van der Waals surface area contributed by atoms with Crippen molar-refractivity contribution in [1.29, 1.82) is 0 Å². The van der Waals surface area contributed by atoms with E-state index in [1.807, 2.05) is 60.8 Å². The number of carbonyl (C=O) groups is 2. The van der Waals surface area contributed by atoms with Gasteiger partial charge in [-0.15, -0.1) is 23.1 Å². The van der Waals surface area contributed by atoms with Crippen molar-refractivity contribution in [3.8, 4) is 0 Å². The summed E-state index contributed by atoms with van der Waals surface area (Å²) in [5.74, 6) is 0.257. The van der Waals surface area contributed by atoms with Crippen LogP contribution in [0.5, 0.6) is 0 Å². The van der Waals surface area contributed by atoms with Crippen LogP contribution in [-0.4, -0.2) is 29.9 Å². The van der Waals surface area contributed by atoms with E-state index in [-0.39, 0.29) is 18.4 Å². The van der Waals surface area contributed by atoms with Crippen molar-refractivity contribution < 1.29 is 9.59 Å². The average Bonchev–Trinajstić information content (AvgIpc) is 3.16. The van der Waals surface area contributed by atoms with Crippen LogP contribution in [0, 0.1) is 6.92 Å². The van der Waals surface area contributed by atoms with Crippen LogP contribution >= 0.6 is 23.1 Å². The van der Waals surface area contributed by atoms with Crippen LogP contribution in [0.25, 0.3) is 0 Å². The highest BCUT2D eigenvalue weighted by Crippen LogP contribution is 2.26. The van der Waals surface area contributed by atoms with Crippen molar-refractivity contribution in [3.05, 3.63) is 81.8 Å². The Balaban J connectivity index is 1.46. The van der Waals surface area contributed by atoms with E-state index < -0.39 is 0 Å². The van der Waals surface area contributed by atoms with Gasteiger partial charge in [0, 0.05) is 22.6 Å². The molecule has 0 aliphatic rings. The zero-order valence-corrected chi connectivity index (χ0v) is 17.8. The van der Waals surface area contributed by atoms with Gasteiger partial charge in [0.2, 0.25) is 5.91 Å². The summed E-state index contributed by atoms with van der Waals surface area (Å²) < 4.78 is 0. The smallest absolute Gasteiger partial charge is 0.252 e. The monoisotopic (exact) mass is 425 g/mol. The van der Waals surface area contributed by atoms with Gasteiger partial charge in [0.05, 0.1) is 22.8 Å². The standard InChI is InChI=1S/C22H23N3O2S2/c1-16-25-18(14-28-16)15-29-20-10-6-5-9-19(20)22(27)24-13-21(26)23-12-11-17-7-3-2-4-8-17/h2-10,14H,11-13,15H2,1H3,(H,23,26)(H,24,27). The van der Waals surface area contributed by atoms with E-state index >= 15 is 0 Å². The Bertz CT molecular complexity index is 957. The van der Waals surface area contributed by atoms with Crippen LogP contribution in [0.1, 0.15) is 26.6 Å². The lowest BCUT2D eigenvalue weighted by Gasteiger charge is -2.10. The molecule has 3 rings (SSSR count). The molecule has 0 fully saturated rings. The third-order valence-corrected chi connectivity index (χ3v) is 6.09. The number of carbonyl (C=O) groups excluding carboxylic acids is 2. The van der Waals surface area contributed by atoms with Gasteiger partial charge in [0.25, 0.3) is 5.91 Å². The van der Waals surface area contributed by atoms with E-state index in [1.165, 1.54) is 0 Å². The maximum absolute atomic E-state index is 12.6. The summed E-state index contributed by atoms with van der Waals surface area (Å²) in [4.78, 5) is 29.9. The van der Waals surface area contributed by atoms with Gasteiger partial charge in [-0.1, -0.05) is 42.5 Å². The number of nitrogens with one attached hydrogen (secondary N) is 2. The molecule has 0 saturated heterocycles. The van der Waals surface area contributed by atoms with Crippen molar-refractivity contribution in [2.75, 3.05) is 13.1 Å². The summed E-state index contributed by atoms with van der Waals surface area (Å²) in [6, 6.07) is 17.4. The molecule has 7 heteroatoms. The zero-order valence-electron chi connectivity index (χ0n) is 16.2. The molecular formula is C22H23N3O2S2. The van der Waals surface area contributed by atoms with Gasteiger partial charge < -0.3 is 10.6 Å². The Morgan fingerprint density at radius 2 is 1.79 bits per heavy atom. The van der Waals surface area contributed by atoms with Crippen molar-refractivity contribution in [1.82, 2.24) is 15.6 Å². The second kappa shape index (κ2) is 10.8. The number of hydrogen-bond acceptors (Lipinski definition) is 5. The molecule has 5 nitrogen and oxygen atoms in total. The molecule has 0 spiro atoms. The van der Waals surface area contributed by atoms with Crippen LogP contribution in [-0.2, 0) is 17.0 Å². The molecule has 0 aliphatic heterocycles. The van der Waals surface area contributed by atoms with Gasteiger partial charge in [-0.25, -0.2) is 4.98 Å². The first-order chi connectivity index (χ1) is 14.1. The minimum absolute atomic E-state index is 0.0437. The number of nitrogens with zero attached hydrogens (tertiary/aromatic N) is 1. The van der Waals surface area contributed by atoms with Crippen LogP contribution in [0.15, 0.2) is 64.9 Å². The summed E-state index contributed by atoms with van der Waals surface area (Å²) in [6.45, 7) is 2.47. The molecule has 0 saturated carbocycles. The largest absolute Gasteiger partial charge is 0.354 e. The van der Waals surface area contributed by atoms with Gasteiger partial charge >= 0.3 is 0 Å². The van der Waals surface area contributed by atoms with Crippen LogP contribution in [0.4, 0.5) is 0 Å². The highest BCUT2D eigenvalue weighted by Gasteiger charge is 2.13. The molecule has 2 amide bonds. The molecule has 2 N–H and O–H groups in total. The van der Waals surface area contributed by atoms with Crippen molar-refractivity contribution in [3.63, 3.8) is 0 Å². The first-order valence-electron chi connectivity index (χ1n) is 9.33. The number of benzene rings is 2. The molecule has 3 aromatic rings. The van der Waals surface area contributed by atoms with Gasteiger partial charge in [-0.3, -0.25) is 9.59 Å². The Morgan fingerprint density at radius 3 is 2.55 bits per heavy atom. The van der Waals surface area contributed by atoms with Crippen molar-refractivity contribution in [2.45, 2.75) is 24.0 Å². The van der Waals surface area contributed by atoms with Crippen molar-refractivity contribution >= 4 is 34.9 Å². The third kappa shape index (κ3) is 6.73. The first kappa shape index (κ1) is 21.1. The van der Waals surface area contributed by atoms with Gasteiger partial charge in [-0.05, 0) is 31.0 Å². The maximum atomic E-state index is 12.6. The summed E-state index contributed by atoms with van der Waals surface area (Å²) >= 11 is 3.19. The predicted octanol–water partition coefficient (Wildman–Crippen LogP) is 3.83. The molecule has 0 radical (unpaired) electrons. The predicted molar refractivity (Wildman–Crippen MR) is 118 cm³/mol. The highest BCUT2D eigenvalue weighted by molar-refractivity contribution is 7.98. The number of rotatable bonds is 9. The van der Waals surface area contributed by atoms with E-state index in [2.05, 4.69) is 15.6 Å². The molecule has 1 aromatic heterocycles. The van der Waals surface area contributed by atoms with E-state index in [9.17, 15) is 9.59 Å². The fourth-order valence-electron chi connectivity index (χ4n) is 2.72. The maximum Gasteiger partial charge on any atom is 0.252 e. The van der Waals surface area contributed by atoms with E-state index in [0.29, 0.717) is 17.9 Å². The molecule has 150 valence electrons. The highest BCUT2D eigenvalue weighted by atomic mass is 32.2. The van der Waals surface area contributed by atoms with Gasteiger partial charge in [0.15, 0.2) is 0 Å². The minimum Gasteiger partial charge on any atom is -0.354 e. The summed E-state index contributed by atoms with van der Waals surface area (Å²) in [7, 11) is 0. The lowest BCUT2D eigenvalue weighted by molar-refractivity contribution is -0.120. The number of thioether (sulfide) groups is 1. The van der Waals surface area contributed by atoms with Crippen LogP contribution < -0.4 is 10.6 Å². The molecule has 0 unspecified atom stereocenters. The lowest BCUT2D eigenvalue weighted by atomic mass is 10.1. The van der Waals surface area contributed by atoms with Gasteiger partial charge in [-0.2, -0.15) is 0 Å². The number of hydrogen-bond donors (Lipinski definition) is 2. The summed E-state index contributed by atoms with van der Waals surface area (Å²) in [6.07, 6.45) is 0.760. The Kier molecular flexibility index (Phi) is 7.84. The number of aromatic nitrogens is 1. The van der Waals surface area contributed by atoms with Crippen molar-refractivity contribution in [2.24, 2.45) is 0 Å². The van der Waals surface area contributed by atoms with E-state index in [1.54, 1.807) is 29.2 Å². The quantitative estimate of drug-likeness (QED) is 0.511. The summed E-state index contributed by atoms with van der Waals surface area (Å²) in [5.41, 5.74) is 2.74. The van der Waals surface area contributed by atoms with Gasteiger partial charge in [0.1, 0.15) is 0 Å². The number of amides is 2. The van der Waals surface area contributed by atoms with Crippen LogP contribution in [0.3, 0.4) is 0 Å². The number of thiazole rings is 1. The van der Waals surface area contributed by atoms with E-state index in [4.69, 9.17) is 0 Å². The molecule has 0 bridgehead atoms. The fourth-order valence-corrected chi connectivity index (χ4v) is 4.38. The second-order valence-electron chi connectivity index (χ2n) is 6.41. The first-order valence-corrected chi connectivity index (χ1v) is 11.2. The van der Waals surface area contributed by atoms with Crippen LogP contribution in [0.2, 0.25) is 0 Å². The average molecular weight is 426 g/mol. The minimum atomic E-state index is -0.249. The zero-order chi connectivity index (χ0) is 20.5. The fraction of sp³-hybridized carbons (Fsp3) is 0.227. The molecule has 1 heterocycles. The number of aryl methyl sites for hydroxylation is 1. The van der Waals surface area contributed by atoms with E-state index in [0.717, 1.165) is 27.6 Å². The topological polar surface area (TPSA) is 71.1 Å². The Hall–Kier alpha value is -2.64. The molecule has 0 atom stereocenters. The third-order valence-electron chi connectivity index (χ3n) is 4.16. The second-order valence-corrected chi connectivity index (χ2v) is 8.49. The Labute approximate surface area is 179 Å². The molecule has 0 aliphatic carbocycles. The SMILES string of the molecule is Cc1nc(CSc2ccccc2C(=O)NCC(=O)NCCc2ccccc2)cs1. The lowest BCUT2D eigenvalue weighted by Crippen LogP contribution is -2.37.